The molecule has 0 unspecified atom stereocenters. The summed E-state index contributed by atoms with van der Waals surface area (Å²) in [6.07, 6.45) is 1.65. The van der Waals surface area contributed by atoms with Gasteiger partial charge in [0.25, 0.3) is 0 Å². The van der Waals surface area contributed by atoms with Gasteiger partial charge in [-0.05, 0) is 99.5 Å². The summed E-state index contributed by atoms with van der Waals surface area (Å²) in [5, 5.41) is 1.84. The molecule has 10 aromatic rings. The molecule has 0 spiro atoms. The quantitative estimate of drug-likeness (QED) is 0.152. The number of rotatable bonds is 8. The van der Waals surface area contributed by atoms with E-state index in [1.807, 2.05) is 100 Å². The molecule has 0 saturated heterocycles. The minimum atomic E-state index is -2.44. The van der Waals surface area contributed by atoms with E-state index in [1.54, 1.807) is 18.3 Å². The fraction of sp³-hybridized carbons (Fsp3) is 0.159. The molecular weight excluding hydrogens is 829 g/mol. The second-order valence-corrected chi connectivity index (χ2v) is 19.7. The van der Waals surface area contributed by atoms with Crippen molar-refractivity contribution in [3.8, 4) is 50.7 Å². The van der Waals surface area contributed by atoms with Crippen LogP contribution in [0.3, 0.4) is 0 Å². The van der Waals surface area contributed by atoms with E-state index in [1.165, 1.54) is 5.56 Å². The lowest BCUT2D eigenvalue weighted by molar-refractivity contribution is 0.483. The SMILES string of the molecule is [2H]c1c(Oc2ccc3c4ccccc4n(-c4cc(C([2H])([2H])[2H])c(-c5ccc(C(C)(C)C)cc5)cn4)c3c2)cc(N2CN(c3c(-c4ccccc4)cccc3-c3ccc(C(C)(C)C)cc3)c3ccccc32)c([2H])c1[2H]. The fourth-order valence-electron chi connectivity index (χ4n) is 9.57. The molecule has 1 aliphatic heterocycles. The average molecular weight is 891 g/mol. The van der Waals surface area contributed by atoms with Gasteiger partial charge >= 0.3 is 0 Å². The zero-order valence-corrected chi connectivity index (χ0v) is 39.2. The third-order valence-electron chi connectivity index (χ3n) is 13.2. The third-order valence-corrected chi connectivity index (χ3v) is 13.2. The van der Waals surface area contributed by atoms with Crippen molar-refractivity contribution in [2.45, 2.75) is 59.2 Å². The topological polar surface area (TPSA) is 33.5 Å². The Balaban J connectivity index is 0.997. The summed E-state index contributed by atoms with van der Waals surface area (Å²) in [6.45, 7) is 11.0. The van der Waals surface area contributed by atoms with Gasteiger partial charge in [-0.15, -0.1) is 0 Å². The monoisotopic (exact) mass is 890 g/mol. The van der Waals surface area contributed by atoms with E-state index < -0.39 is 6.85 Å². The molecule has 2 aromatic heterocycles. The molecule has 5 heteroatoms. The number of hydrogen-bond donors (Lipinski definition) is 0. The van der Waals surface area contributed by atoms with Gasteiger partial charge in [-0.3, -0.25) is 4.57 Å². The van der Waals surface area contributed by atoms with Crippen LogP contribution < -0.4 is 14.5 Å². The molecule has 3 heterocycles. The summed E-state index contributed by atoms with van der Waals surface area (Å²) in [5.74, 6) is 0.946. The predicted molar refractivity (Wildman–Crippen MR) is 286 cm³/mol. The molecule has 5 nitrogen and oxygen atoms in total. The average Bonchev–Trinajstić information content (AvgIpc) is 3.94. The summed E-state index contributed by atoms with van der Waals surface area (Å²) >= 11 is 0. The van der Waals surface area contributed by atoms with Crippen molar-refractivity contribution in [1.29, 1.82) is 0 Å². The van der Waals surface area contributed by atoms with Gasteiger partial charge in [0, 0.05) is 55.6 Å². The van der Waals surface area contributed by atoms with E-state index in [2.05, 4.69) is 119 Å². The van der Waals surface area contributed by atoms with E-state index in [9.17, 15) is 4.11 Å². The maximum absolute atomic E-state index is 9.40. The normalized spacial score (nSPS) is 14.3. The van der Waals surface area contributed by atoms with Gasteiger partial charge in [0.05, 0.1) is 32.2 Å². The van der Waals surface area contributed by atoms with Crippen LogP contribution in [0.25, 0.3) is 61.0 Å². The first-order chi connectivity index (χ1) is 35.3. The Morgan fingerprint density at radius 3 is 1.81 bits per heavy atom. The molecule has 1 aliphatic rings. The smallest absolute Gasteiger partial charge is 0.137 e. The van der Waals surface area contributed by atoms with Crippen LogP contribution in [0.1, 0.15) is 66.5 Å². The molecule has 0 radical (unpaired) electrons. The standard InChI is InChI=1S/C63H56N4O/c1-42-37-60(64-40-55(42)45-29-33-47(34-30-45)63(5,6)7)67-56-24-12-11-21-53(56)54-36-35-50(39-59(54)67)68-49-20-15-19-48(38-49)65-41-66(58-26-14-13-25-57(58)65)61-51(43-17-9-8-10-18-43)22-16-23-52(61)44-27-31-46(32-28-44)62(2,3)4/h8-40H,41H2,1-7H3/i1D3,15D,19D,20D. The van der Waals surface area contributed by atoms with E-state index in [0.29, 0.717) is 29.5 Å². The van der Waals surface area contributed by atoms with Gasteiger partial charge in [0.2, 0.25) is 0 Å². The molecule has 0 fully saturated rings. The number of para-hydroxylation sites is 4. The van der Waals surface area contributed by atoms with Crippen LogP contribution in [0, 0.1) is 6.85 Å². The van der Waals surface area contributed by atoms with E-state index in [-0.39, 0.29) is 40.3 Å². The Morgan fingerprint density at radius 1 is 0.529 bits per heavy atom. The third kappa shape index (κ3) is 7.78. The van der Waals surface area contributed by atoms with E-state index >= 15 is 0 Å². The van der Waals surface area contributed by atoms with Gasteiger partial charge in [-0.1, -0.05) is 175 Å². The number of anilines is 4. The van der Waals surface area contributed by atoms with Gasteiger partial charge < -0.3 is 14.5 Å². The Hall–Kier alpha value is -7.89. The Morgan fingerprint density at radius 2 is 1.13 bits per heavy atom. The molecule has 11 rings (SSSR count). The van der Waals surface area contributed by atoms with Crippen molar-refractivity contribution >= 4 is 44.6 Å². The minimum absolute atomic E-state index is 0.00543. The molecule has 0 aliphatic carbocycles. The van der Waals surface area contributed by atoms with Crippen molar-refractivity contribution < 1.29 is 13.0 Å². The molecule has 0 saturated carbocycles. The van der Waals surface area contributed by atoms with Gasteiger partial charge in [0.1, 0.15) is 24.0 Å². The van der Waals surface area contributed by atoms with Crippen molar-refractivity contribution in [3.05, 3.63) is 217 Å². The second kappa shape index (κ2) is 16.8. The first-order valence-corrected chi connectivity index (χ1v) is 23.2. The van der Waals surface area contributed by atoms with Crippen molar-refractivity contribution in [3.63, 3.8) is 0 Å². The summed E-state index contributed by atoms with van der Waals surface area (Å²) in [6, 6.07) is 58.1. The van der Waals surface area contributed by atoms with E-state index in [0.717, 1.165) is 72.2 Å². The number of fused-ring (bicyclic) bond motifs is 4. The molecule has 8 aromatic carbocycles. The minimum Gasteiger partial charge on any atom is -0.457 e. The largest absolute Gasteiger partial charge is 0.457 e. The van der Waals surface area contributed by atoms with Crippen LogP contribution in [-0.4, -0.2) is 16.2 Å². The van der Waals surface area contributed by atoms with E-state index in [4.69, 9.17) is 13.8 Å². The zero-order valence-electron chi connectivity index (χ0n) is 45.2. The van der Waals surface area contributed by atoms with Crippen molar-refractivity contribution in [2.75, 3.05) is 16.5 Å². The highest BCUT2D eigenvalue weighted by Crippen LogP contribution is 2.50. The number of aromatic nitrogens is 2. The Bertz CT molecular complexity index is 3780. The summed E-state index contributed by atoms with van der Waals surface area (Å²) in [4.78, 5) is 9.26. The summed E-state index contributed by atoms with van der Waals surface area (Å²) in [5.41, 5.74) is 12.9. The number of benzene rings is 8. The lowest BCUT2D eigenvalue weighted by Crippen LogP contribution is -2.25. The second-order valence-electron chi connectivity index (χ2n) is 19.7. The maximum atomic E-state index is 9.40. The molecule has 68 heavy (non-hydrogen) atoms. The Kier molecular flexibility index (Phi) is 8.94. The lowest BCUT2D eigenvalue weighted by Gasteiger charge is -2.27. The van der Waals surface area contributed by atoms with Gasteiger partial charge in [0.15, 0.2) is 0 Å². The van der Waals surface area contributed by atoms with Crippen LogP contribution in [0.2, 0.25) is 0 Å². The number of aryl methyl sites for hydroxylation is 1. The highest BCUT2D eigenvalue weighted by atomic mass is 16.5. The molecule has 0 N–H and O–H groups in total. The van der Waals surface area contributed by atoms with Crippen LogP contribution >= 0.6 is 0 Å². The lowest BCUT2D eigenvalue weighted by atomic mass is 9.86. The van der Waals surface area contributed by atoms with Crippen molar-refractivity contribution in [2.24, 2.45) is 0 Å². The molecular formula is C63H56N4O. The van der Waals surface area contributed by atoms with Gasteiger partial charge in [-0.25, -0.2) is 4.98 Å². The number of hydrogen-bond acceptors (Lipinski definition) is 4. The number of nitrogens with zero attached hydrogens (tertiary/aromatic N) is 4. The number of ether oxygens (including phenoxy) is 1. The molecule has 0 atom stereocenters. The maximum Gasteiger partial charge on any atom is 0.137 e. The Labute approximate surface area is 409 Å². The molecule has 0 bridgehead atoms. The predicted octanol–water partition coefficient (Wildman–Crippen LogP) is 17.1. The van der Waals surface area contributed by atoms with Crippen LogP contribution in [-0.2, 0) is 10.8 Å². The van der Waals surface area contributed by atoms with Crippen LogP contribution in [0.15, 0.2) is 200 Å². The van der Waals surface area contributed by atoms with Gasteiger partial charge in [-0.2, -0.15) is 0 Å². The highest BCUT2D eigenvalue weighted by molar-refractivity contribution is 6.09. The van der Waals surface area contributed by atoms with Crippen LogP contribution in [0.4, 0.5) is 22.7 Å². The van der Waals surface area contributed by atoms with Crippen LogP contribution in [0.5, 0.6) is 11.5 Å². The van der Waals surface area contributed by atoms with Crippen molar-refractivity contribution in [1.82, 2.24) is 9.55 Å². The first kappa shape index (κ1) is 36.3. The summed E-state index contributed by atoms with van der Waals surface area (Å²) < 4.78 is 62.4. The number of pyridine rings is 1. The fourth-order valence-corrected chi connectivity index (χ4v) is 9.57. The first-order valence-electron chi connectivity index (χ1n) is 26.2. The molecule has 0 amide bonds. The summed E-state index contributed by atoms with van der Waals surface area (Å²) in [7, 11) is 0. The zero-order chi connectivity index (χ0) is 51.8. The molecule has 334 valence electrons. The highest BCUT2D eigenvalue weighted by Gasteiger charge is 2.31.